The maximum Gasteiger partial charge on any atom is 0.207 e. The number of nitrogens with zero attached hydrogens (tertiary/aromatic N) is 4. The maximum atomic E-state index is 14.4. The number of nitrogens with one attached hydrogen (secondary N) is 1. The Morgan fingerprint density at radius 2 is 1.85 bits per heavy atom. The van der Waals surface area contributed by atoms with E-state index in [0.29, 0.717) is 12.4 Å². The van der Waals surface area contributed by atoms with Gasteiger partial charge in [0, 0.05) is 18.2 Å². The smallest absolute Gasteiger partial charge is 0.207 e. The Hall–Kier alpha value is -2.87. The predicted octanol–water partition coefficient (Wildman–Crippen LogP) is 4.80. The van der Waals surface area contributed by atoms with Crippen LogP contribution in [0.4, 0.5) is 4.39 Å². The quantitative estimate of drug-likeness (QED) is 0.542. The van der Waals surface area contributed by atoms with Crippen molar-refractivity contribution >= 4 is 0 Å². The van der Waals surface area contributed by atoms with Crippen LogP contribution in [-0.4, -0.2) is 46.4 Å². The molecular formula is C25H30FN5O2. The van der Waals surface area contributed by atoms with Crippen LogP contribution in [0.5, 0.6) is 5.75 Å². The fraction of sp³-hybridized carbons (Fsp3) is 0.520. The van der Waals surface area contributed by atoms with Crippen LogP contribution in [0.1, 0.15) is 61.9 Å². The van der Waals surface area contributed by atoms with E-state index in [0.717, 1.165) is 79.4 Å². The molecule has 1 saturated carbocycles. The summed E-state index contributed by atoms with van der Waals surface area (Å²) < 4.78 is 25.4. The molecule has 174 valence electrons. The molecule has 1 fully saturated rings. The molecule has 1 aromatic carbocycles. The second-order valence-corrected chi connectivity index (χ2v) is 9.20. The number of H-pyrrole nitrogens is 1. The number of halogens is 1. The summed E-state index contributed by atoms with van der Waals surface area (Å²) in [7, 11) is 3.25. The van der Waals surface area contributed by atoms with Crippen molar-refractivity contribution < 1.29 is 13.9 Å². The molecule has 1 N–H and O–H groups in total. The van der Waals surface area contributed by atoms with Crippen molar-refractivity contribution in [3.63, 3.8) is 0 Å². The summed E-state index contributed by atoms with van der Waals surface area (Å²) in [6, 6.07) is 5.07. The van der Waals surface area contributed by atoms with Crippen molar-refractivity contribution in [2.45, 2.75) is 63.2 Å². The van der Waals surface area contributed by atoms with E-state index in [4.69, 9.17) is 14.5 Å². The molecule has 3 aromatic rings. The van der Waals surface area contributed by atoms with Crippen molar-refractivity contribution in [3.05, 3.63) is 41.0 Å². The number of hydrogen-bond acceptors (Lipinski definition) is 6. The normalized spacial score (nSPS) is 17.5. The molecule has 8 heteroatoms. The minimum atomic E-state index is -0.380. The molecule has 0 bridgehead atoms. The van der Waals surface area contributed by atoms with Gasteiger partial charge in [-0.15, -0.1) is 10.2 Å². The SMILES string of the molecule is COCC1(c2nc3c(c(-c4ccc(F)c(OC)c4)c2-c2nn[nH]n2)CCCCC3)CCCC1. The van der Waals surface area contributed by atoms with Gasteiger partial charge >= 0.3 is 0 Å². The van der Waals surface area contributed by atoms with Gasteiger partial charge in [-0.2, -0.15) is 5.21 Å². The van der Waals surface area contributed by atoms with Gasteiger partial charge in [-0.05, 0) is 72.6 Å². The average Bonchev–Trinajstić information content (AvgIpc) is 3.47. The van der Waals surface area contributed by atoms with Crippen molar-refractivity contribution in [1.82, 2.24) is 25.6 Å². The molecule has 2 aliphatic rings. The van der Waals surface area contributed by atoms with E-state index in [9.17, 15) is 4.39 Å². The molecule has 33 heavy (non-hydrogen) atoms. The number of fused-ring (bicyclic) bond motifs is 1. The first kappa shape index (κ1) is 21.9. The summed E-state index contributed by atoms with van der Waals surface area (Å²) in [4.78, 5) is 5.34. The number of methoxy groups -OCH3 is 2. The van der Waals surface area contributed by atoms with Gasteiger partial charge < -0.3 is 9.47 Å². The Kier molecular flexibility index (Phi) is 6.10. The summed E-state index contributed by atoms with van der Waals surface area (Å²) in [6.07, 6.45) is 9.49. The van der Waals surface area contributed by atoms with Gasteiger partial charge in [0.2, 0.25) is 5.82 Å². The zero-order valence-electron chi connectivity index (χ0n) is 19.3. The summed E-state index contributed by atoms with van der Waals surface area (Å²) in [5.41, 5.74) is 5.93. The van der Waals surface area contributed by atoms with E-state index < -0.39 is 0 Å². The first-order chi connectivity index (χ1) is 16.2. The molecule has 5 rings (SSSR count). The molecule has 0 aliphatic heterocycles. The number of tetrazole rings is 1. The van der Waals surface area contributed by atoms with E-state index in [-0.39, 0.29) is 17.0 Å². The molecule has 0 atom stereocenters. The molecule has 0 saturated heterocycles. The lowest BCUT2D eigenvalue weighted by molar-refractivity contribution is 0.129. The zero-order valence-corrected chi connectivity index (χ0v) is 19.3. The van der Waals surface area contributed by atoms with E-state index in [1.165, 1.54) is 25.2 Å². The molecule has 2 aliphatic carbocycles. The van der Waals surface area contributed by atoms with Crippen LogP contribution >= 0.6 is 0 Å². The van der Waals surface area contributed by atoms with Gasteiger partial charge in [0.1, 0.15) is 0 Å². The minimum Gasteiger partial charge on any atom is -0.494 e. The third-order valence-electron chi connectivity index (χ3n) is 7.22. The van der Waals surface area contributed by atoms with Crippen LogP contribution in [0.25, 0.3) is 22.5 Å². The average molecular weight is 452 g/mol. The highest BCUT2D eigenvalue weighted by molar-refractivity contribution is 5.86. The third kappa shape index (κ3) is 3.90. The van der Waals surface area contributed by atoms with Crippen LogP contribution in [-0.2, 0) is 23.0 Å². The van der Waals surface area contributed by atoms with Crippen LogP contribution in [0.15, 0.2) is 18.2 Å². The fourth-order valence-electron chi connectivity index (χ4n) is 5.70. The number of aromatic amines is 1. The fourth-order valence-corrected chi connectivity index (χ4v) is 5.70. The van der Waals surface area contributed by atoms with E-state index in [1.54, 1.807) is 13.2 Å². The highest BCUT2D eigenvalue weighted by Gasteiger charge is 2.42. The summed E-state index contributed by atoms with van der Waals surface area (Å²) >= 11 is 0. The van der Waals surface area contributed by atoms with Crippen LogP contribution in [0.2, 0.25) is 0 Å². The lowest BCUT2D eigenvalue weighted by Crippen LogP contribution is -2.31. The Morgan fingerprint density at radius 1 is 1.03 bits per heavy atom. The number of benzene rings is 1. The maximum absolute atomic E-state index is 14.4. The topological polar surface area (TPSA) is 85.8 Å². The van der Waals surface area contributed by atoms with Crippen molar-refractivity contribution in [2.24, 2.45) is 0 Å². The lowest BCUT2D eigenvalue weighted by atomic mass is 9.77. The number of aromatic nitrogens is 5. The molecule has 2 heterocycles. The van der Waals surface area contributed by atoms with Crippen molar-refractivity contribution in [3.8, 4) is 28.3 Å². The molecule has 0 amide bonds. The molecule has 2 aromatic heterocycles. The van der Waals surface area contributed by atoms with Crippen LogP contribution in [0.3, 0.4) is 0 Å². The van der Waals surface area contributed by atoms with Crippen molar-refractivity contribution in [1.29, 1.82) is 0 Å². The first-order valence-corrected chi connectivity index (χ1v) is 11.8. The van der Waals surface area contributed by atoms with Gasteiger partial charge in [-0.3, -0.25) is 4.98 Å². The zero-order chi connectivity index (χ0) is 22.8. The molecule has 0 radical (unpaired) electrons. The van der Waals surface area contributed by atoms with Gasteiger partial charge in [0.15, 0.2) is 11.6 Å². The molecule has 0 unspecified atom stereocenters. The van der Waals surface area contributed by atoms with Gasteiger partial charge in [0.25, 0.3) is 0 Å². The number of aryl methyl sites for hydroxylation is 1. The number of hydrogen-bond donors (Lipinski definition) is 1. The van der Waals surface area contributed by atoms with Crippen LogP contribution < -0.4 is 4.74 Å². The van der Waals surface area contributed by atoms with Gasteiger partial charge in [-0.25, -0.2) is 4.39 Å². The second kappa shape index (κ2) is 9.17. The number of pyridine rings is 1. The molecule has 7 nitrogen and oxygen atoms in total. The van der Waals surface area contributed by atoms with Gasteiger partial charge in [-0.1, -0.05) is 25.3 Å². The van der Waals surface area contributed by atoms with E-state index >= 15 is 0 Å². The highest BCUT2D eigenvalue weighted by Crippen LogP contribution is 2.48. The van der Waals surface area contributed by atoms with Gasteiger partial charge in [0.05, 0.1) is 25.0 Å². The number of ether oxygens (including phenoxy) is 2. The second-order valence-electron chi connectivity index (χ2n) is 9.20. The summed E-state index contributed by atoms with van der Waals surface area (Å²) in [6.45, 7) is 0.593. The Labute approximate surface area is 193 Å². The minimum absolute atomic E-state index is 0.203. The monoisotopic (exact) mass is 451 g/mol. The predicted molar refractivity (Wildman–Crippen MR) is 123 cm³/mol. The third-order valence-corrected chi connectivity index (χ3v) is 7.22. The standard InChI is InChI=1S/C25H30FN5O2/c1-32-15-25(12-6-7-13-25)23-22(24-28-30-31-29-24)21(16-10-11-18(26)20(14-16)33-2)17-8-4-3-5-9-19(17)27-23/h10-11,14H,3-9,12-13,15H2,1-2H3,(H,28,29,30,31). The Bertz CT molecular complexity index is 1130. The highest BCUT2D eigenvalue weighted by atomic mass is 19.1. The number of rotatable bonds is 6. The van der Waals surface area contributed by atoms with E-state index in [1.807, 2.05) is 6.07 Å². The summed E-state index contributed by atoms with van der Waals surface area (Å²) in [5.74, 6) is 0.361. The Morgan fingerprint density at radius 3 is 2.58 bits per heavy atom. The molecule has 0 spiro atoms. The largest absolute Gasteiger partial charge is 0.494 e. The Balaban J connectivity index is 1.86. The summed E-state index contributed by atoms with van der Waals surface area (Å²) in [5, 5.41) is 15.3. The lowest BCUT2D eigenvalue weighted by Gasteiger charge is -2.32. The molecular weight excluding hydrogens is 421 g/mol. The first-order valence-electron chi connectivity index (χ1n) is 11.8. The van der Waals surface area contributed by atoms with E-state index in [2.05, 4.69) is 20.6 Å². The van der Waals surface area contributed by atoms with Crippen LogP contribution in [0, 0.1) is 5.82 Å². The van der Waals surface area contributed by atoms with Crippen molar-refractivity contribution in [2.75, 3.05) is 20.8 Å².